The maximum atomic E-state index is 12.5. The summed E-state index contributed by atoms with van der Waals surface area (Å²) < 4.78 is 1.67. The predicted octanol–water partition coefficient (Wildman–Crippen LogP) is 5.06. The maximum absolute atomic E-state index is 12.5. The number of hydrogen-bond donors (Lipinski definition) is 2. The third-order valence-corrected chi connectivity index (χ3v) is 5.19. The number of benzene rings is 2. The number of fused-ring (bicyclic) bond motifs is 1. The van der Waals surface area contributed by atoms with E-state index in [-0.39, 0.29) is 6.03 Å². The standard InChI is InChI=1S/C25H21N7O/c1-2-17-9-11-19(12-10-17)27-25(33)28-20-7-5-6-18(16-20)21-13-14-23-29-30-24(32(23)31-21)22-8-3-4-15-26-22/h3-16H,2H2,1H3,(H2,27,28,33). The van der Waals surface area contributed by atoms with Gasteiger partial charge in [-0.2, -0.15) is 9.61 Å². The fourth-order valence-corrected chi connectivity index (χ4v) is 3.47. The lowest BCUT2D eigenvalue weighted by Gasteiger charge is -2.10. The summed E-state index contributed by atoms with van der Waals surface area (Å²) in [7, 11) is 0. The number of pyridine rings is 1. The van der Waals surface area contributed by atoms with Crippen LogP contribution >= 0.6 is 0 Å². The van der Waals surface area contributed by atoms with E-state index >= 15 is 0 Å². The van der Waals surface area contributed by atoms with Crippen molar-refractivity contribution >= 4 is 23.1 Å². The molecular weight excluding hydrogens is 414 g/mol. The highest BCUT2D eigenvalue weighted by Crippen LogP contribution is 2.23. The van der Waals surface area contributed by atoms with E-state index in [1.807, 2.05) is 78.9 Å². The van der Waals surface area contributed by atoms with Gasteiger partial charge >= 0.3 is 6.03 Å². The molecule has 5 rings (SSSR count). The molecule has 0 aliphatic heterocycles. The molecule has 0 spiro atoms. The number of nitrogens with one attached hydrogen (secondary N) is 2. The normalized spacial score (nSPS) is 10.8. The average molecular weight is 435 g/mol. The van der Waals surface area contributed by atoms with Gasteiger partial charge in [0.15, 0.2) is 5.65 Å². The SMILES string of the molecule is CCc1ccc(NC(=O)Nc2cccc(-c3ccc4nnc(-c5ccccn5)n4n3)c2)cc1. The van der Waals surface area contributed by atoms with Gasteiger partial charge in [0, 0.05) is 23.1 Å². The van der Waals surface area contributed by atoms with E-state index < -0.39 is 0 Å². The maximum Gasteiger partial charge on any atom is 0.323 e. The molecule has 2 amide bonds. The number of amides is 2. The molecule has 0 bridgehead atoms. The van der Waals surface area contributed by atoms with Gasteiger partial charge in [0.25, 0.3) is 0 Å². The molecule has 0 aliphatic carbocycles. The second-order valence-electron chi connectivity index (χ2n) is 7.44. The van der Waals surface area contributed by atoms with Crippen LogP contribution in [-0.2, 0) is 6.42 Å². The molecule has 0 fully saturated rings. The number of carbonyl (C=O) groups excluding carboxylic acids is 1. The van der Waals surface area contributed by atoms with Crippen molar-refractivity contribution in [3.63, 3.8) is 0 Å². The lowest BCUT2D eigenvalue weighted by Crippen LogP contribution is -2.19. The van der Waals surface area contributed by atoms with Crippen LogP contribution < -0.4 is 10.6 Å². The number of nitrogens with zero attached hydrogens (tertiary/aromatic N) is 5. The number of urea groups is 1. The summed E-state index contributed by atoms with van der Waals surface area (Å²) in [6.45, 7) is 2.09. The van der Waals surface area contributed by atoms with Gasteiger partial charge in [0.1, 0.15) is 5.69 Å². The van der Waals surface area contributed by atoms with Gasteiger partial charge in [-0.1, -0.05) is 37.3 Å². The van der Waals surface area contributed by atoms with E-state index in [2.05, 4.69) is 32.7 Å². The molecule has 0 aliphatic rings. The Hall–Kier alpha value is -4.59. The van der Waals surface area contributed by atoms with E-state index in [0.29, 0.717) is 22.9 Å². The van der Waals surface area contributed by atoms with Gasteiger partial charge in [0.2, 0.25) is 5.82 Å². The molecule has 0 atom stereocenters. The Kier molecular flexibility index (Phi) is 5.47. The Labute approximate surface area is 190 Å². The highest BCUT2D eigenvalue weighted by atomic mass is 16.2. The van der Waals surface area contributed by atoms with Crippen LogP contribution in [0.4, 0.5) is 16.2 Å². The number of rotatable bonds is 5. The van der Waals surface area contributed by atoms with Crippen LogP contribution in [0.3, 0.4) is 0 Å². The molecule has 3 aromatic heterocycles. The second kappa shape index (κ2) is 8.88. The zero-order chi connectivity index (χ0) is 22.6. The van der Waals surface area contributed by atoms with Crippen LogP contribution in [0.15, 0.2) is 85.1 Å². The third kappa shape index (κ3) is 4.40. The Morgan fingerprint density at radius 1 is 0.848 bits per heavy atom. The summed E-state index contributed by atoms with van der Waals surface area (Å²) in [6.07, 6.45) is 2.66. The van der Waals surface area contributed by atoms with Gasteiger partial charge in [-0.3, -0.25) is 4.98 Å². The first-order valence-electron chi connectivity index (χ1n) is 10.6. The summed E-state index contributed by atoms with van der Waals surface area (Å²) in [6, 6.07) is 24.3. The van der Waals surface area contributed by atoms with E-state index in [4.69, 9.17) is 5.10 Å². The quantitative estimate of drug-likeness (QED) is 0.402. The van der Waals surface area contributed by atoms with Crippen LogP contribution in [0, 0.1) is 0 Å². The van der Waals surface area contributed by atoms with Crippen molar-refractivity contribution in [1.29, 1.82) is 0 Å². The zero-order valence-corrected chi connectivity index (χ0v) is 17.9. The number of aromatic nitrogens is 5. The van der Waals surface area contributed by atoms with Crippen LogP contribution in [0.25, 0.3) is 28.4 Å². The molecule has 8 nitrogen and oxygen atoms in total. The van der Waals surface area contributed by atoms with E-state index in [0.717, 1.165) is 23.4 Å². The van der Waals surface area contributed by atoms with Crippen molar-refractivity contribution in [2.75, 3.05) is 10.6 Å². The molecule has 3 heterocycles. The summed E-state index contributed by atoms with van der Waals surface area (Å²) in [4.78, 5) is 16.8. The van der Waals surface area contributed by atoms with Crippen molar-refractivity contribution in [2.24, 2.45) is 0 Å². The Morgan fingerprint density at radius 2 is 1.70 bits per heavy atom. The zero-order valence-electron chi connectivity index (χ0n) is 17.9. The smallest absolute Gasteiger partial charge is 0.308 e. The topological polar surface area (TPSA) is 97.1 Å². The largest absolute Gasteiger partial charge is 0.323 e. The Balaban J connectivity index is 1.37. The molecule has 0 unspecified atom stereocenters. The number of hydrogen-bond acceptors (Lipinski definition) is 5. The van der Waals surface area contributed by atoms with Crippen LogP contribution in [0.5, 0.6) is 0 Å². The molecule has 0 radical (unpaired) electrons. The molecule has 162 valence electrons. The summed E-state index contributed by atoms with van der Waals surface area (Å²) in [5, 5.41) is 18.9. The van der Waals surface area contributed by atoms with Crippen molar-refractivity contribution in [3.8, 4) is 22.8 Å². The minimum absolute atomic E-state index is 0.309. The van der Waals surface area contributed by atoms with Gasteiger partial charge in [-0.25, -0.2) is 4.79 Å². The fourth-order valence-electron chi connectivity index (χ4n) is 3.47. The third-order valence-electron chi connectivity index (χ3n) is 5.19. The first-order chi connectivity index (χ1) is 16.2. The van der Waals surface area contributed by atoms with Crippen LogP contribution in [0.1, 0.15) is 12.5 Å². The monoisotopic (exact) mass is 435 g/mol. The molecule has 0 saturated carbocycles. The summed E-state index contributed by atoms with van der Waals surface area (Å²) >= 11 is 0. The molecule has 8 heteroatoms. The minimum atomic E-state index is -0.309. The Morgan fingerprint density at radius 3 is 2.48 bits per heavy atom. The summed E-state index contributed by atoms with van der Waals surface area (Å²) in [5.74, 6) is 0.565. The highest BCUT2D eigenvalue weighted by Gasteiger charge is 2.12. The van der Waals surface area contributed by atoms with E-state index in [1.165, 1.54) is 5.56 Å². The van der Waals surface area contributed by atoms with Crippen molar-refractivity contribution in [2.45, 2.75) is 13.3 Å². The van der Waals surface area contributed by atoms with Gasteiger partial charge in [-0.15, -0.1) is 10.2 Å². The van der Waals surface area contributed by atoms with Gasteiger partial charge < -0.3 is 10.6 Å². The minimum Gasteiger partial charge on any atom is -0.308 e. The van der Waals surface area contributed by atoms with E-state index in [1.54, 1.807) is 10.7 Å². The van der Waals surface area contributed by atoms with Crippen LogP contribution in [0.2, 0.25) is 0 Å². The number of carbonyl (C=O) groups is 1. The van der Waals surface area contributed by atoms with Crippen molar-refractivity contribution < 1.29 is 4.79 Å². The molecule has 0 saturated heterocycles. The molecule has 5 aromatic rings. The first kappa shape index (κ1) is 20.3. The molecular formula is C25H21N7O. The van der Waals surface area contributed by atoms with Crippen molar-refractivity contribution in [3.05, 3.63) is 90.6 Å². The molecule has 33 heavy (non-hydrogen) atoms. The van der Waals surface area contributed by atoms with Crippen molar-refractivity contribution in [1.82, 2.24) is 24.8 Å². The second-order valence-corrected chi connectivity index (χ2v) is 7.44. The van der Waals surface area contributed by atoms with Crippen LogP contribution in [-0.4, -0.2) is 30.8 Å². The lowest BCUT2D eigenvalue weighted by atomic mass is 10.1. The molecule has 2 aromatic carbocycles. The number of aryl methyl sites for hydroxylation is 1. The van der Waals surface area contributed by atoms with E-state index in [9.17, 15) is 4.79 Å². The van der Waals surface area contributed by atoms with Gasteiger partial charge in [0.05, 0.1) is 5.69 Å². The first-order valence-corrected chi connectivity index (χ1v) is 10.6. The Bertz CT molecular complexity index is 1410. The summed E-state index contributed by atoms with van der Waals surface area (Å²) in [5.41, 5.74) is 5.50. The lowest BCUT2D eigenvalue weighted by molar-refractivity contribution is 0.262. The average Bonchev–Trinajstić information content (AvgIpc) is 3.28. The predicted molar refractivity (Wildman–Crippen MR) is 128 cm³/mol. The fraction of sp³-hybridized carbons (Fsp3) is 0.0800. The van der Waals surface area contributed by atoms with Gasteiger partial charge in [-0.05, 0) is 60.5 Å². The molecule has 2 N–H and O–H groups in total. The highest BCUT2D eigenvalue weighted by molar-refractivity contribution is 6.00. The number of anilines is 2.